The van der Waals surface area contributed by atoms with Crippen LogP contribution in [-0.4, -0.2) is 62.0 Å². The van der Waals surface area contributed by atoms with E-state index in [1.807, 2.05) is 23.1 Å². The number of carbonyl (C=O) groups is 1. The Hall–Kier alpha value is -2.44. The zero-order valence-corrected chi connectivity index (χ0v) is 15.7. The number of hydrogen-bond acceptors (Lipinski definition) is 4. The third-order valence-electron chi connectivity index (χ3n) is 4.83. The molecule has 0 spiro atoms. The van der Waals surface area contributed by atoms with E-state index in [9.17, 15) is 4.79 Å². The van der Waals surface area contributed by atoms with Gasteiger partial charge in [-0.1, -0.05) is 12.8 Å². The van der Waals surface area contributed by atoms with Crippen molar-refractivity contribution in [1.29, 1.82) is 0 Å². The first-order chi connectivity index (χ1) is 13.1. The molecular weight excluding hydrogens is 347 g/mol. The van der Waals surface area contributed by atoms with Crippen LogP contribution in [0.15, 0.2) is 31.0 Å². The third-order valence-corrected chi connectivity index (χ3v) is 4.83. The Morgan fingerprint density at radius 2 is 1.93 bits per heavy atom. The number of nitrogens with one attached hydrogen (secondary N) is 1. The van der Waals surface area contributed by atoms with Crippen molar-refractivity contribution in [2.24, 2.45) is 11.7 Å². The van der Waals surface area contributed by atoms with E-state index in [1.165, 1.54) is 13.3 Å². The summed E-state index contributed by atoms with van der Waals surface area (Å²) in [6.45, 7) is 1.97. The molecule has 3 N–H and O–H groups in total. The Kier molecular flexibility index (Phi) is 5.46. The van der Waals surface area contributed by atoms with Gasteiger partial charge < -0.3 is 10.7 Å². The van der Waals surface area contributed by atoms with Gasteiger partial charge in [0.1, 0.15) is 12.0 Å². The van der Waals surface area contributed by atoms with E-state index in [1.54, 1.807) is 6.20 Å². The zero-order valence-electron chi connectivity index (χ0n) is 15.7. The van der Waals surface area contributed by atoms with Crippen molar-refractivity contribution >= 4 is 48.3 Å². The second kappa shape index (κ2) is 7.53. The van der Waals surface area contributed by atoms with Crippen molar-refractivity contribution in [1.82, 2.24) is 24.7 Å². The lowest BCUT2D eigenvalue weighted by Crippen LogP contribution is -2.26. The molecule has 0 saturated heterocycles. The summed E-state index contributed by atoms with van der Waals surface area (Å²) in [5.41, 5.74) is 7.05. The summed E-state index contributed by atoms with van der Waals surface area (Å²) in [6.07, 6.45) is 8.25. The summed E-state index contributed by atoms with van der Waals surface area (Å²) < 4.78 is 1.86. The average molecular weight is 366 g/mol. The maximum Gasteiger partial charge on any atom is 0.214 e. The van der Waals surface area contributed by atoms with Gasteiger partial charge in [-0.25, -0.2) is 9.97 Å². The van der Waals surface area contributed by atoms with Crippen LogP contribution in [0.2, 0.25) is 10.4 Å². The Morgan fingerprint density at radius 1 is 1.29 bits per heavy atom. The van der Waals surface area contributed by atoms with E-state index < -0.39 is 10.4 Å². The molecule has 1 amide bonds. The minimum Gasteiger partial charge on any atom is -0.370 e. The molecule has 28 heavy (non-hydrogen) atoms. The molecule has 7 nitrogen and oxygen atoms in total. The number of aromatic nitrogens is 5. The lowest BCUT2D eigenvalue weighted by Gasteiger charge is -2.36. The van der Waals surface area contributed by atoms with Gasteiger partial charge in [0, 0.05) is 36.8 Å². The van der Waals surface area contributed by atoms with Crippen LogP contribution in [0.5, 0.6) is 0 Å². The van der Waals surface area contributed by atoms with E-state index in [-0.39, 0.29) is 11.8 Å². The zero-order chi connectivity index (χ0) is 20.5. The molecule has 4 rings (SSSR count). The smallest absolute Gasteiger partial charge is 0.214 e. The summed E-state index contributed by atoms with van der Waals surface area (Å²) >= 11 is 0. The van der Waals surface area contributed by atoms with Gasteiger partial charge in [0.2, 0.25) is 5.91 Å². The van der Waals surface area contributed by atoms with E-state index in [2.05, 4.69) is 25.8 Å². The van der Waals surface area contributed by atoms with Crippen molar-refractivity contribution in [3.63, 3.8) is 0 Å². The second-order valence-corrected chi connectivity index (χ2v) is 7.38. The molecule has 0 atom stereocenters. The monoisotopic (exact) mass is 366 g/mol. The minimum absolute atomic E-state index is 0.181. The van der Waals surface area contributed by atoms with Gasteiger partial charge >= 0.3 is 0 Å². The SMILES string of the molecule is CC(N)=O.[B]C1([B])CC(Cn2cc(-c3ncnc4[nH]ccc34)cn2)CC1([B])[B]. The number of H-pyrrole nitrogens is 1. The highest BCUT2D eigenvalue weighted by molar-refractivity contribution is 6.54. The molecule has 1 fully saturated rings. The number of fused-ring (bicyclic) bond motifs is 1. The first-order valence-electron chi connectivity index (χ1n) is 8.81. The van der Waals surface area contributed by atoms with E-state index in [0.717, 1.165) is 22.3 Å². The molecule has 0 bridgehead atoms. The van der Waals surface area contributed by atoms with Crippen molar-refractivity contribution in [2.45, 2.75) is 36.7 Å². The maximum absolute atomic E-state index is 9.22. The Morgan fingerprint density at radius 3 is 2.57 bits per heavy atom. The van der Waals surface area contributed by atoms with Crippen molar-refractivity contribution in [3.8, 4) is 11.3 Å². The fourth-order valence-corrected chi connectivity index (χ4v) is 3.49. The van der Waals surface area contributed by atoms with Crippen molar-refractivity contribution < 1.29 is 4.79 Å². The summed E-state index contributed by atoms with van der Waals surface area (Å²) in [4.78, 5) is 20.9. The molecule has 3 heterocycles. The minimum atomic E-state index is -1.06. The molecule has 134 valence electrons. The first-order valence-corrected chi connectivity index (χ1v) is 8.81. The lowest BCUT2D eigenvalue weighted by molar-refractivity contribution is -0.115. The Bertz CT molecular complexity index is 963. The summed E-state index contributed by atoms with van der Waals surface area (Å²) in [6, 6.07) is 1.95. The number of primary amides is 1. The predicted octanol–water partition coefficient (Wildman–Crippen LogP) is 0.629. The number of nitrogens with zero attached hydrogens (tertiary/aromatic N) is 4. The Balaban J connectivity index is 0.000000516. The van der Waals surface area contributed by atoms with Gasteiger partial charge in [-0.15, -0.1) is 10.4 Å². The molecule has 0 unspecified atom stereocenters. The van der Waals surface area contributed by atoms with Crippen LogP contribution >= 0.6 is 0 Å². The average Bonchev–Trinajstić information content (AvgIpc) is 3.25. The molecule has 3 aromatic rings. The number of aromatic amines is 1. The quantitative estimate of drug-likeness (QED) is 0.664. The highest BCUT2D eigenvalue weighted by atomic mass is 16.1. The first kappa shape index (κ1) is 20.3. The fourth-order valence-electron chi connectivity index (χ4n) is 3.49. The van der Waals surface area contributed by atoms with Gasteiger partial charge in [0.25, 0.3) is 0 Å². The highest BCUT2D eigenvalue weighted by Crippen LogP contribution is 2.58. The van der Waals surface area contributed by atoms with Crippen LogP contribution in [0.25, 0.3) is 22.3 Å². The normalized spacial score (nSPS) is 17.9. The number of amides is 1. The number of rotatable bonds is 3. The van der Waals surface area contributed by atoms with Crippen LogP contribution in [0.1, 0.15) is 19.8 Å². The van der Waals surface area contributed by atoms with E-state index in [0.29, 0.717) is 19.4 Å². The molecule has 0 aromatic carbocycles. The van der Waals surface area contributed by atoms with Crippen LogP contribution < -0.4 is 5.73 Å². The molecule has 1 aliphatic carbocycles. The number of hydrogen-bond donors (Lipinski definition) is 2. The summed E-state index contributed by atoms with van der Waals surface area (Å²) in [7, 11) is 24.1. The fraction of sp³-hybridized carbons (Fsp3) is 0.412. The van der Waals surface area contributed by atoms with Gasteiger partial charge in [0.05, 0.1) is 43.3 Å². The highest BCUT2D eigenvalue weighted by Gasteiger charge is 2.44. The van der Waals surface area contributed by atoms with Gasteiger partial charge in [0.15, 0.2) is 0 Å². The van der Waals surface area contributed by atoms with Crippen LogP contribution in [-0.2, 0) is 11.3 Å². The molecule has 3 aromatic heterocycles. The molecular formula is C17H18B4N6O. The second-order valence-electron chi connectivity index (χ2n) is 7.38. The van der Waals surface area contributed by atoms with Crippen molar-refractivity contribution in [3.05, 3.63) is 31.0 Å². The van der Waals surface area contributed by atoms with Crippen LogP contribution in [0.3, 0.4) is 0 Å². The van der Waals surface area contributed by atoms with Gasteiger partial charge in [-0.05, 0) is 12.0 Å². The molecule has 1 saturated carbocycles. The molecule has 1 aliphatic rings. The summed E-state index contributed by atoms with van der Waals surface area (Å²) in [5.74, 6) is -0.152. The predicted molar refractivity (Wildman–Crippen MR) is 111 cm³/mol. The van der Waals surface area contributed by atoms with Gasteiger partial charge in [-0.2, -0.15) is 5.10 Å². The Labute approximate surface area is 168 Å². The third kappa shape index (κ3) is 4.18. The van der Waals surface area contributed by atoms with Crippen molar-refractivity contribution in [2.75, 3.05) is 0 Å². The van der Waals surface area contributed by atoms with E-state index >= 15 is 0 Å². The van der Waals surface area contributed by atoms with Gasteiger partial charge in [-0.3, -0.25) is 9.48 Å². The number of nitrogens with two attached hydrogens (primary N) is 1. The maximum atomic E-state index is 9.22. The molecule has 11 heteroatoms. The van der Waals surface area contributed by atoms with E-state index in [4.69, 9.17) is 31.4 Å². The largest absolute Gasteiger partial charge is 0.370 e. The molecule has 8 radical (unpaired) electrons. The van der Waals surface area contributed by atoms with Crippen LogP contribution in [0.4, 0.5) is 0 Å². The van der Waals surface area contributed by atoms with Crippen LogP contribution in [0, 0.1) is 5.92 Å². The standard InChI is InChI=1S/C15H13B4N5.C2H5NO/c16-14(17)3-9(4-15(14,18)19)6-24-7-10(5-23-24)12-11-1-2-20-13(11)22-8-21-12;1-2(3)4/h1-2,5,7-9H,3-4,6H2,(H,20,21,22);1H3,(H2,3,4). The lowest BCUT2D eigenvalue weighted by atomic mass is 9.31. The topological polar surface area (TPSA) is 102 Å². The summed E-state index contributed by atoms with van der Waals surface area (Å²) in [5, 5.41) is 3.27. The molecule has 0 aliphatic heterocycles. The number of carbonyl (C=O) groups excluding carboxylic acids is 1.